The Bertz CT molecular complexity index is 1240. The second-order valence-corrected chi connectivity index (χ2v) is 7.18. The average Bonchev–Trinajstić information content (AvgIpc) is 3.16. The van der Waals surface area contributed by atoms with E-state index in [4.69, 9.17) is 9.94 Å². The summed E-state index contributed by atoms with van der Waals surface area (Å²) in [4.78, 5) is 26.5. The molecule has 3 aromatic heterocycles. The molecule has 0 aliphatic heterocycles. The summed E-state index contributed by atoms with van der Waals surface area (Å²) < 4.78 is 16.4. The summed E-state index contributed by atoms with van der Waals surface area (Å²) in [6.07, 6.45) is 6.63. The highest BCUT2D eigenvalue weighted by Gasteiger charge is 2.24. The molecule has 4 rings (SSSR count). The molecule has 0 bridgehead atoms. The van der Waals surface area contributed by atoms with Crippen LogP contribution in [-0.2, 0) is 11.4 Å². The van der Waals surface area contributed by atoms with E-state index in [1.165, 1.54) is 6.07 Å². The van der Waals surface area contributed by atoms with Gasteiger partial charge in [-0.2, -0.15) is 0 Å². The number of amides is 1. The first-order valence-corrected chi connectivity index (χ1v) is 11.0. The van der Waals surface area contributed by atoms with Crippen LogP contribution in [0, 0.1) is 12.7 Å². The van der Waals surface area contributed by atoms with Gasteiger partial charge in [0.15, 0.2) is 0 Å². The first-order chi connectivity index (χ1) is 16.6. The van der Waals surface area contributed by atoms with E-state index in [0.717, 1.165) is 16.6 Å². The molecular weight excluding hydrogens is 437 g/mol. The second-order valence-electron chi connectivity index (χ2n) is 7.18. The fraction of sp³-hybridized carbons (Fsp3) is 0.240. The number of benzene rings is 1. The summed E-state index contributed by atoms with van der Waals surface area (Å²) in [6.45, 7) is 5.83. The molecule has 0 unspecified atom stereocenters. The fourth-order valence-corrected chi connectivity index (χ4v) is 3.47. The molecule has 0 aliphatic rings. The summed E-state index contributed by atoms with van der Waals surface area (Å²) in [5.41, 5.74) is 5.58. The number of aliphatic hydroxyl groups is 1. The molecule has 0 saturated carbocycles. The van der Waals surface area contributed by atoms with Crippen molar-refractivity contribution in [1.82, 2.24) is 20.0 Å². The van der Waals surface area contributed by atoms with Gasteiger partial charge in [0.2, 0.25) is 0 Å². The Labute approximate surface area is 197 Å². The SMILES string of the molecule is CC.Cc1ccc(Nc2c(C(=O)NOCCO)n(Cc3cccnc3)c3ccncc23)c(F)c1. The van der Waals surface area contributed by atoms with Crippen LogP contribution in [0.25, 0.3) is 10.9 Å². The third kappa shape index (κ3) is 5.56. The lowest BCUT2D eigenvalue weighted by atomic mass is 10.2. The number of nitrogens with zero attached hydrogens (tertiary/aromatic N) is 3. The van der Waals surface area contributed by atoms with Gasteiger partial charge in [-0.15, -0.1) is 0 Å². The number of aliphatic hydroxyl groups excluding tert-OH is 1. The first kappa shape index (κ1) is 24.8. The zero-order valence-electron chi connectivity index (χ0n) is 19.4. The number of hydroxylamine groups is 1. The van der Waals surface area contributed by atoms with E-state index in [1.807, 2.05) is 26.0 Å². The number of hydrogen-bond acceptors (Lipinski definition) is 6. The minimum Gasteiger partial charge on any atom is -0.394 e. The highest BCUT2D eigenvalue weighted by molar-refractivity contribution is 6.09. The third-order valence-corrected chi connectivity index (χ3v) is 4.89. The van der Waals surface area contributed by atoms with Crippen molar-refractivity contribution in [2.24, 2.45) is 0 Å². The van der Waals surface area contributed by atoms with Crippen molar-refractivity contribution in [3.63, 3.8) is 0 Å². The van der Waals surface area contributed by atoms with Crippen LogP contribution in [0.15, 0.2) is 61.2 Å². The predicted octanol–water partition coefficient (Wildman–Crippen LogP) is 4.35. The first-order valence-electron chi connectivity index (χ1n) is 11.0. The Morgan fingerprint density at radius 3 is 2.65 bits per heavy atom. The fourth-order valence-electron chi connectivity index (χ4n) is 3.47. The zero-order chi connectivity index (χ0) is 24.5. The van der Waals surface area contributed by atoms with Gasteiger partial charge in [-0.25, -0.2) is 9.87 Å². The van der Waals surface area contributed by atoms with E-state index in [1.54, 1.807) is 54.5 Å². The predicted molar refractivity (Wildman–Crippen MR) is 129 cm³/mol. The lowest BCUT2D eigenvalue weighted by molar-refractivity contribution is 0.0163. The van der Waals surface area contributed by atoms with Crippen LogP contribution in [0.4, 0.5) is 15.8 Å². The molecule has 34 heavy (non-hydrogen) atoms. The van der Waals surface area contributed by atoms with Crippen LogP contribution >= 0.6 is 0 Å². The van der Waals surface area contributed by atoms with Crippen molar-refractivity contribution >= 4 is 28.2 Å². The summed E-state index contributed by atoms with van der Waals surface area (Å²) in [7, 11) is 0. The average molecular weight is 466 g/mol. The van der Waals surface area contributed by atoms with Crippen LogP contribution < -0.4 is 10.8 Å². The molecule has 9 heteroatoms. The highest BCUT2D eigenvalue weighted by Crippen LogP contribution is 2.34. The molecule has 0 fully saturated rings. The second kappa shape index (κ2) is 11.9. The van der Waals surface area contributed by atoms with Crippen LogP contribution in [0.1, 0.15) is 35.5 Å². The smallest absolute Gasteiger partial charge is 0.293 e. The molecule has 178 valence electrons. The Kier molecular flexibility index (Phi) is 8.66. The number of carbonyl (C=O) groups excluding carboxylic acids is 1. The molecule has 0 aliphatic carbocycles. The molecule has 3 heterocycles. The molecular formula is C25H28FN5O3. The van der Waals surface area contributed by atoms with Crippen molar-refractivity contribution in [2.45, 2.75) is 27.3 Å². The van der Waals surface area contributed by atoms with E-state index in [9.17, 15) is 9.18 Å². The molecule has 1 aromatic carbocycles. The maximum atomic E-state index is 14.6. The van der Waals surface area contributed by atoms with E-state index < -0.39 is 11.7 Å². The molecule has 0 spiro atoms. The minimum absolute atomic E-state index is 0.0640. The summed E-state index contributed by atoms with van der Waals surface area (Å²) in [6, 6.07) is 10.3. The van der Waals surface area contributed by atoms with E-state index >= 15 is 0 Å². The van der Waals surface area contributed by atoms with E-state index in [0.29, 0.717) is 17.6 Å². The number of carbonyl (C=O) groups is 1. The number of fused-ring (bicyclic) bond motifs is 1. The number of hydrogen-bond donors (Lipinski definition) is 3. The standard InChI is InChI=1S/C23H22FN5O3.C2H6/c1-15-4-5-19(18(24)11-15)27-21-17-13-26-8-6-20(17)29(14-16-3-2-7-25-12-16)22(21)23(31)28-32-10-9-30;1-2/h2-8,11-13,27,30H,9-10,14H2,1H3,(H,28,31);1-2H3. The van der Waals surface area contributed by atoms with Gasteiger partial charge in [0.1, 0.15) is 11.5 Å². The van der Waals surface area contributed by atoms with Crippen LogP contribution in [-0.4, -0.2) is 38.8 Å². The van der Waals surface area contributed by atoms with E-state index in [2.05, 4.69) is 20.8 Å². The van der Waals surface area contributed by atoms with Crippen molar-refractivity contribution in [3.8, 4) is 0 Å². The van der Waals surface area contributed by atoms with Gasteiger partial charge in [-0.1, -0.05) is 26.0 Å². The van der Waals surface area contributed by atoms with Crippen molar-refractivity contribution < 1.29 is 19.1 Å². The molecule has 1 amide bonds. The summed E-state index contributed by atoms with van der Waals surface area (Å²) in [5.74, 6) is -0.988. The Morgan fingerprint density at radius 1 is 1.15 bits per heavy atom. The van der Waals surface area contributed by atoms with E-state index in [-0.39, 0.29) is 24.6 Å². The molecule has 4 aromatic rings. The maximum Gasteiger partial charge on any atom is 0.293 e. The zero-order valence-corrected chi connectivity index (χ0v) is 19.4. The van der Waals surface area contributed by atoms with Crippen LogP contribution in [0.3, 0.4) is 0 Å². The quantitative estimate of drug-likeness (QED) is 0.264. The number of aromatic nitrogens is 3. The molecule has 0 atom stereocenters. The Hall–Kier alpha value is -3.82. The lowest BCUT2D eigenvalue weighted by Gasteiger charge is -2.14. The largest absolute Gasteiger partial charge is 0.394 e. The molecule has 0 saturated heterocycles. The van der Waals surface area contributed by atoms with Crippen LogP contribution in [0.5, 0.6) is 0 Å². The molecule has 8 nitrogen and oxygen atoms in total. The van der Waals surface area contributed by atoms with Gasteiger partial charge in [0.25, 0.3) is 5.91 Å². The number of anilines is 2. The van der Waals surface area contributed by atoms with Crippen molar-refractivity contribution in [1.29, 1.82) is 0 Å². The number of nitrogens with one attached hydrogen (secondary N) is 2. The van der Waals surface area contributed by atoms with Gasteiger partial charge in [0.05, 0.1) is 30.1 Å². The van der Waals surface area contributed by atoms with Gasteiger partial charge in [0, 0.05) is 36.7 Å². The van der Waals surface area contributed by atoms with Crippen LogP contribution in [0.2, 0.25) is 0 Å². The number of rotatable bonds is 8. The monoisotopic (exact) mass is 465 g/mol. The number of aryl methyl sites for hydroxylation is 1. The van der Waals surface area contributed by atoms with Gasteiger partial charge in [-0.3, -0.25) is 19.6 Å². The normalized spacial score (nSPS) is 10.5. The highest BCUT2D eigenvalue weighted by atomic mass is 19.1. The number of halogens is 1. The third-order valence-electron chi connectivity index (χ3n) is 4.89. The maximum absolute atomic E-state index is 14.6. The van der Waals surface area contributed by atoms with Gasteiger partial charge < -0.3 is 15.0 Å². The topological polar surface area (TPSA) is 101 Å². The van der Waals surface area contributed by atoms with Crippen molar-refractivity contribution in [2.75, 3.05) is 18.5 Å². The van der Waals surface area contributed by atoms with Gasteiger partial charge in [-0.05, 0) is 42.3 Å². The minimum atomic E-state index is -0.548. The van der Waals surface area contributed by atoms with Gasteiger partial charge >= 0.3 is 0 Å². The molecule has 3 N–H and O–H groups in total. The summed E-state index contributed by atoms with van der Waals surface area (Å²) >= 11 is 0. The lowest BCUT2D eigenvalue weighted by Crippen LogP contribution is -2.28. The Morgan fingerprint density at radius 2 is 1.94 bits per heavy atom. The van der Waals surface area contributed by atoms with Crippen molar-refractivity contribution in [3.05, 3.63) is 83.8 Å². The summed E-state index contributed by atoms with van der Waals surface area (Å²) in [5, 5.41) is 12.7. The number of pyridine rings is 2. The Balaban J connectivity index is 0.00000158. The molecule has 0 radical (unpaired) electrons.